The van der Waals surface area contributed by atoms with Crippen LogP contribution >= 0.6 is 0 Å². The molecule has 3 fully saturated rings. The Hall–Kier alpha value is -6.09. The first-order valence-electron chi connectivity index (χ1n) is 20.8. The predicted molar refractivity (Wildman–Crippen MR) is 223 cm³/mol. The Kier molecular flexibility index (Phi) is 12.0. The van der Waals surface area contributed by atoms with Gasteiger partial charge < -0.3 is 39.9 Å². The first-order valence-corrected chi connectivity index (χ1v) is 20.8. The van der Waals surface area contributed by atoms with Crippen LogP contribution in [0.15, 0.2) is 67.0 Å². The molecule has 14 nitrogen and oxygen atoms in total. The highest BCUT2D eigenvalue weighted by Gasteiger charge is 2.40. The van der Waals surface area contributed by atoms with Gasteiger partial charge in [-0.3, -0.25) is 14.4 Å². The number of ether oxygens (including phenoxy) is 2. The number of rotatable bonds is 12. The van der Waals surface area contributed by atoms with Crippen LogP contribution in [0.1, 0.15) is 76.1 Å². The van der Waals surface area contributed by atoms with Gasteiger partial charge in [-0.1, -0.05) is 50.2 Å². The normalized spacial score (nSPS) is 19.4. The zero-order chi connectivity index (χ0) is 41.9. The molecule has 2 aromatic heterocycles. The Morgan fingerprint density at radius 2 is 1.55 bits per heavy atom. The van der Waals surface area contributed by atoms with Crippen molar-refractivity contribution in [2.45, 2.75) is 76.5 Å². The zero-order valence-electron chi connectivity index (χ0n) is 34.1. The molecular formula is C45H51FN8O6. The molecule has 314 valence electrons. The lowest BCUT2D eigenvalue weighted by atomic mass is 9.90. The molecule has 3 aromatic carbocycles. The molecule has 60 heavy (non-hydrogen) atoms. The fraction of sp³-hybridized carbons (Fsp3) is 0.422. The SMILES string of the molecule is COC(=O)N[C@H](C(=O)N1CCC[C@H]1c1ncc(-c2ccc(-c3ccc4cc(-c5c[nH]c([C@@H]6CCCN6C(=O)[C@@H](NC=O)C(C)C)n5)ccc4c3)c(F)c2)[nH]1)C1CCOCC1. The van der Waals surface area contributed by atoms with Crippen LogP contribution in [0.4, 0.5) is 9.18 Å². The minimum absolute atomic E-state index is 0.0441. The number of likely N-dealkylation sites (tertiary alicyclic amines) is 2. The summed E-state index contributed by atoms with van der Waals surface area (Å²) in [6.07, 6.45) is 7.91. The minimum atomic E-state index is -0.732. The molecule has 8 rings (SSSR count). The van der Waals surface area contributed by atoms with E-state index in [9.17, 15) is 19.2 Å². The number of imidazole rings is 2. The fourth-order valence-corrected chi connectivity index (χ4v) is 9.02. The molecule has 15 heteroatoms. The number of H-pyrrole nitrogens is 2. The van der Waals surface area contributed by atoms with E-state index < -0.39 is 18.2 Å². The largest absolute Gasteiger partial charge is 0.453 e. The van der Waals surface area contributed by atoms with Gasteiger partial charge >= 0.3 is 6.09 Å². The summed E-state index contributed by atoms with van der Waals surface area (Å²) in [5.41, 5.74) is 4.13. The standard InChI is InChI=1S/C45H51FN8O6/c1-26(2)39(49-25-55)43(56)53-16-4-6-37(53)41-47-23-35(50-41)31-11-9-28-20-30(10-8-29(28)21-31)33-13-12-32(22-34(33)46)36-24-48-42(51-36)38-7-5-17-54(38)44(57)40(52-45(58)59-3)27-14-18-60-19-15-27/h8-13,20-27,37-40H,4-7,14-19H2,1-3H3,(H,47,50)(H,48,51)(H,49,55)(H,52,58)/t37-,38-,39-,40-/m0/s1. The van der Waals surface area contributed by atoms with Gasteiger partial charge in [0.15, 0.2) is 0 Å². The van der Waals surface area contributed by atoms with Crippen LogP contribution in [-0.2, 0) is 23.9 Å². The highest BCUT2D eigenvalue weighted by Crippen LogP contribution is 2.37. The van der Waals surface area contributed by atoms with Crippen molar-refractivity contribution in [2.75, 3.05) is 33.4 Å². The molecule has 5 heterocycles. The van der Waals surface area contributed by atoms with Crippen molar-refractivity contribution in [2.24, 2.45) is 11.8 Å². The van der Waals surface area contributed by atoms with Crippen molar-refractivity contribution in [3.05, 3.63) is 84.5 Å². The molecule has 0 spiro atoms. The van der Waals surface area contributed by atoms with E-state index in [1.165, 1.54) is 13.2 Å². The number of halogens is 1. The van der Waals surface area contributed by atoms with Crippen LogP contribution in [0.25, 0.3) is 44.4 Å². The first-order chi connectivity index (χ1) is 29.1. The summed E-state index contributed by atoms with van der Waals surface area (Å²) in [5, 5.41) is 7.38. The van der Waals surface area contributed by atoms with Crippen molar-refractivity contribution >= 4 is 35.1 Å². The second kappa shape index (κ2) is 17.6. The molecule has 0 unspecified atom stereocenters. The fourth-order valence-electron chi connectivity index (χ4n) is 9.02. The summed E-state index contributed by atoms with van der Waals surface area (Å²) in [7, 11) is 1.29. The lowest BCUT2D eigenvalue weighted by Crippen LogP contribution is -2.53. The van der Waals surface area contributed by atoms with E-state index in [0.29, 0.717) is 80.4 Å². The smallest absolute Gasteiger partial charge is 0.407 e. The zero-order valence-corrected chi connectivity index (χ0v) is 34.1. The van der Waals surface area contributed by atoms with Gasteiger partial charge in [-0.25, -0.2) is 19.2 Å². The molecule has 3 aliphatic heterocycles. The third-order valence-corrected chi connectivity index (χ3v) is 12.3. The first kappa shape index (κ1) is 40.7. The van der Waals surface area contributed by atoms with Gasteiger partial charge in [0.25, 0.3) is 0 Å². The average Bonchev–Trinajstić information content (AvgIpc) is 4.11. The lowest BCUT2D eigenvalue weighted by Gasteiger charge is -2.34. The van der Waals surface area contributed by atoms with E-state index >= 15 is 4.39 Å². The maximum absolute atomic E-state index is 15.9. The number of fused-ring (bicyclic) bond motifs is 1. The molecule has 4 N–H and O–H groups in total. The Bertz CT molecular complexity index is 2370. The molecular weight excluding hydrogens is 768 g/mol. The van der Waals surface area contributed by atoms with Crippen molar-refractivity contribution < 1.29 is 33.0 Å². The van der Waals surface area contributed by atoms with Crippen LogP contribution in [0, 0.1) is 17.7 Å². The van der Waals surface area contributed by atoms with Crippen molar-refractivity contribution in [3.8, 4) is 33.6 Å². The maximum Gasteiger partial charge on any atom is 0.407 e. The van der Waals surface area contributed by atoms with E-state index in [1.807, 2.05) is 61.3 Å². The highest BCUT2D eigenvalue weighted by atomic mass is 19.1. The number of hydrogen-bond acceptors (Lipinski definition) is 8. The molecule has 5 aromatic rings. The highest BCUT2D eigenvalue weighted by molar-refractivity contribution is 5.91. The van der Waals surface area contributed by atoms with Gasteiger partial charge in [0.05, 0.1) is 36.8 Å². The van der Waals surface area contributed by atoms with E-state index in [0.717, 1.165) is 46.9 Å². The molecule has 4 atom stereocenters. The molecule has 4 amide bonds. The van der Waals surface area contributed by atoms with E-state index in [1.54, 1.807) is 17.2 Å². The number of benzene rings is 3. The maximum atomic E-state index is 15.9. The Morgan fingerprint density at radius 3 is 2.23 bits per heavy atom. The minimum Gasteiger partial charge on any atom is -0.453 e. The van der Waals surface area contributed by atoms with Gasteiger partial charge in [0.2, 0.25) is 18.2 Å². The molecule has 3 aliphatic rings. The van der Waals surface area contributed by atoms with Crippen LogP contribution in [0.5, 0.6) is 0 Å². The van der Waals surface area contributed by atoms with Crippen LogP contribution in [0.3, 0.4) is 0 Å². The second-order valence-electron chi connectivity index (χ2n) is 16.3. The Morgan fingerprint density at radius 1 is 0.883 bits per heavy atom. The molecule has 0 saturated carbocycles. The van der Waals surface area contributed by atoms with Gasteiger partial charge in [-0.2, -0.15) is 0 Å². The van der Waals surface area contributed by atoms with Gasteiger partial charge in [0, 0.05) is 49.2 Å². The van der Waals surface area contributed by atoms with Gasteiger partial charge in [0.1, 0.15) is 29.5 Å². The van der Waals surface area contributed by atoms with E-state index in [4.69, 9.17) is 14.5 Å². The van der Waals surface area contributed by atoms with Gasteiger partial charge in [-0.15, -0.1) is 0 Å². The van der Waals surface area contributed by atoms with Crippen LogP contribution in [-0.4, -0.2) is 99.6 Å². The number of carbonyl (C=O) groups is 4. The van der Waals surface area contributed by atoms with E-state index in [-0.39, 0.29) is 41.6 Å². The van der Waals surface area contributed by atoms with Gasteiger partial charge in [-0.05, 0) is 84.9 Å². The lowest BCUT2D eigenvalue weighted by molar-refractivity contribution is -0.137. The number of alkyl carbamates (subject to hydrolysis) is 1. The Labute approximate surface area is 347 Å². The number of carbonyl (C=O) groups excluding carboxylic acids is 4. The number of nitrogens with zero attached hydrogens (tertiary/aromatic N) is 4. The van der Waals surface area contributed by atoms with Crippen molar-refractivity contribution in [1.82, 2.24) is 40.4 Å². The Balaban J connectivity index is 0.959. The number of aromatic amines is 2. The second-order valence-corrected chi connectivity index (χ2v) is 16.3. The van der Waals surface area contributed by atoms with Crippen molar-refractivity contribution in [3.63, 3.8) is 0 Å². The summed E-state index contributed by atoms with van der Waals surface area (Å²) in [6.45, 7) is 6.03. The average molecular weight is 819 g/mol. The quantitative estimate of drug-likeness (QED) is 0.101. The number of hydrogen-bond donors (Lipinski definition) is 4. The number of nitrogens with one attached hydrogen (secondary N) is 4. The predicted octanol–water partition coefficient (Wildman–Crippen LogP) is 6.67. The molecule has 0 radical (unpaired) electrons. The number of methoxy groups -OCH3 is 1. The molecule has 3 saturated heterocycles. The summed E-state index contributed by atoms with van der Waals surface area (Å²) < 4.78 is 26.3. The summed E-state index contributed by atoms with van der Waals surface area (Å²) >= 11 is 0. The summed E-state index contributed by atoms with van der Waals surface area (Å²) in [5.74, 6) is 0.564. The van der Waals surface area contributed by atoms with Crippen LogP contribution < -0.4 is 10.6 Å². The van der Waals surface area contributed by atoms with E-state index in [2.05, 4.69) is 31.7 Å². The van der Waals surface area contributed by atoms with Crippen molar-refractivity contribution in [1.29, 1.82) is 0 Å². The molecule has 0 aliphatic carbocycles. The summed E-state index contributed by atoms with van der Waals surface area (Å²) in [6, 6.07) is 15.2. The third-order valence-electron chi connectivity index (χ3n) is 12.3. The third kappa shape index (κ3) is 8.22. The van der Waals surface area contributed by atoms with Crippen LogP contribution in [0.2, 0.25) is 0 Å². The number of aromatic nitrogens is 4. The molecule has 0 bridgehead atoms. The topological polar surface area (TPSA) is 175 Å². The monoisotopic (exact) mass is 818 g/mol. The summed E-state index contributed by atoms with van der Waals surface area (Å²) in [4.78, 5) is 70.6. The number of amides is 4.